The Morgan fingerprint density at radius 2 is 1.76 bits per heavy atom. The van der Waals surface area contributed by atoms with Gasteiger partial charge in [-0.25, -0.2) is 0 Å². The highest BCUT2D eigenvalue weighted by atomic mass is 32.2. The van der Waals surface area contributed by atoms with Crippen molar-refractivity contribution in [3.63, 3.8) is 0 Å². The summed E-state index contributed by atoms with van der Waals surface area (Å²) in [5.74, 6) is 0. The van der Waals surface area contributed by atoms with Gasteiger partial charge < -0.3 is 4.90 Å². The summed E-state index contributed by atoms with van der Waals surface area (Å²) >= 11 is 12.4. The minimum Gasteiger partial charge on any atom is -0.369 e. The molecule has 0 radical (unpaired) electrons. The lowest BCUT2D eigenvalue weighted by molar-refractivity contribution is 0.287. The fraction of sp³-hybridized carbons (Fsp3) is 0.278. The maximum absolute atomic E-state index is 4.62. The van der Waals surface area contributed by atoms with Crippen molar-refractivity contribution in [2.24, 2.45) is 4.99 Å². The lowest BCUT2D eigenvalue weighted by Gasteiger charge is -2.37. The van der Waals surface area contributed by atoms with Gasteiger partial charge in [0.15, 0.2) is 0 Å². The molecule has 0 N–H and O–H groups in total. The molecule has 0 bridgehead atoms. The maximum atomic E-state index is 4.62. The van der Waals surface area contributed by atoms with Gasteiger partial charge in [0, 0.05) is 52.4 Å². The molecule has 1 aromatic carbocycles. The van der Waals surface area contributed by atoms with Crippen LogP contribution in [0.5, 0.6) is 0 Å². The Balaban J connectivity index is 1.40. The molecule has 7 heteroatoms. The SMILES string of the molecule is SC(S)N1CCN(c2ccc(N=Cc3cc4sccc4s3)cc2)CC1. The minimum atomic E-state index is 0.0337. The van der Waals surface area contributed by atoms with E-state index in [-0.39, 0.29) is 4.71 Å². The van der Waals surface area contributed by atoms with Crippen molar-refractivity contribution in [3.8, 4) is 0 Å². The average Bonchev–Trinajstić information content (AvgIpc) is 3.22. The molecule has 130 valence electrons. The van der Waals surface area contributed by atoms with E-state index in [2.05, 4.69) is 81.8 Å². The first-order chi connectivity index (χ1) is 12.2. The summed E-state index contributed by atoms with van der Waals surface area (Å²) in [6, 6.07) is 12.9. The second kappa shape index (κ2) is 7.72. The predicted octanol–water partition coefficient (Wildman–Crippen LogP) is 4.98. The van der Waals surface area contributed by atoms with Gasteiger partial charge >= 0.3 is 0 Å². The maximum Gasteiger partial charge on any atom is 0.0970 e. The number of thiophene rings is 2. The molecule has 2 aromatic heterocycles. The molecule has 0 saturated carbocycles. The third kappa shape index (κ3) is 4.06. The molecule has 3 heterocycles. The summed E-state index contributed by atoms with van der Waals surface area (Å²) in [5, 5.41) is 2.13. The van der Waals surface area contributed by atoms with Crippen LogP contribution in [0.2, 0.25) is 0 Å². The molecule has 0 aliphatic carbocycles. The number of anilines is 1. The van der Waals surface area contributed by atoms with E-state index in [1.54, 1.807) is 22.7 Å². The topological polar surface area (TPSA) is 18.8 Å². The molecule has 0 spiro atoms. The molecule has 1 saturated heterocycles. The minimum absolute atomic E-state index is 0.0337. The molecular weight excluding hydrogens is 386 g/mol. The Kier molecular flexibility index (Phi) is 5.38. The first-order valence-corrected chi connectivity index (χ1v) is 10.9. The van der Waals surface area contributed by atoms with E-state index >= 15 is 0 Å². The smallest absolute Gasteiger partial charge is 0.0970 e. The Labute approximate surface area is 166 Å². The molecule has 1 aliphatic rings. The van der Waals surface area contributed by atoms with Crippen LogP contribution in [0.1, 0.15) is 4.88 Å². The first-order valence-electron chi connectivity index (χ1n) is 8.15. The number of hydrogen-bond donors (Lipinski definition) is 2. The zero-order chi connectivity index (χ0) is 17.2. The van der Waals surface area contributed by atoms with Crippen LogP contribution >= 0.6 is 47.9 Å². The van der Waals surface area contributed by atoms with Crippen molar-refractivity contribution in [1.82, 2.24) is 4.90 Å². The lowest BCUT2D eigenvalue weighted by Crippen LogP contribution is -2.47. The van der Waals surface area contributed by atoms with Crippen molar-refractivity contribution in [3.05, 3.63) is 46.7 Å². The van der Waals surface area contributed by atoms with Gasteiger partial charge in [0.1, 0.15) is 0 Å². The number of nitrogens with zero attached hydrogens (tertiary/aromatic N) is 3. The largest absolute Gasteiger partial charge is 0.369 e. The summed E-state index contributed by atoms with van der Waals surface area (Å²) < 4.78 is 2.71. The fourth-order valence-electron chi connectivity index (χ4n) is 2.95. The van der Waals surface area contributed by atoms with Gasteiger partial charge in [-0.05, 0) is 41.8 Å². The van der Waals surface area contributed by atoms with Crippen LogP contribution in [0, 0.1) is 0 Å². The summed E-state index contributed by atoms with van der Waals surface area (Å²) in [6.07, 6.45) is 1.96. The number of piperazine rings is 1. The Bertz CT molecular complexity index is 829. The lowest BCUT2D eigenvalue weighted by atomic mass is 10.2. The molecule has 1 aliphatic heterocycles. The van der Waals surface area contributed by atoms with Crippen molar-refractivity contribution >= 4 is 74.9 Å². The van der Waals surface area contributed by atoms with Crippen LogP contribution in [-0.4, -0.2) is 42.0 Å². The molecule has 3 aromatic rings. The normalized spacial score (nSPS) is 16.5. The number of aliphatic imine (C=N–C) groups is 1. The summed E-state index contributed by atoms with van der Waals surface area (Å²) in [4.78, 5) is 10.5. The molecular formula is C18H19N3S4. The predicted molar refractivity (Wildman–Crippen MR) is 119 cm³/mol. The highest BCUT2D eigenvalue weighted by Gasteiger charge is 2.19. The number of hydrogen-bond acceptors (Lipinski definition) is 7. The highest BCUT2D eigenvalue weighted by molar-refractivity contribution is 7.99. The van der Waals surface area contributed by atoms with Crippen LogP contribution < -0.4 is 4.90 Å². The van der Waals surface area contributed by atoms with E-state index in [1.807, 2.05) is 6.21 Å². The summed E-state index contributed by atoms with van der Waals surface area (Å²) in [6.45, 7) is 4.00. The molecule has 3 nitrogen and oxygen atoms in total. The van der Waals surface area contributed by atoms with E-state index < -0.39 is 0 Å². The number of rotatable bonds is 4. The van der Waals surface area contributed by atoms with E-state index in [4.69, 9.17) is 0 Å². The van der Waals surface area contributed by atoms with Gasteiger partial charge in [0.2, 0.25) is 0 Å². The quantitative estimate of drug-likeness (QED) is 0.362. The molecule has 1 fully saturated rings. The van der Waals surface area contributed by atoms with Crippen LogP contribution in [0.3, 0.4) is 0 Å². The number of benzene rings is 1. The van der Waals surface area contributed by atoms with Gasteiger partial charge in [0.25, 0.3) is 0 Å². The van der Waals surface area contributed by atoms with Crippen LogP contribution in [0.25, 0.3) is 9.40 Å². The Morgan fingerprint density at radius 1 is 1.00 bits per heavy atom. The van der Waals surface area contributed by atoms with Crippen molar-refractivity contribution in [2.45, 2.75) is 4.71 Å². The molecule has 0 unspecified atom stereocenters. The van der Waals surface area contributed by atoms with Gasteiger partial charge in [0.05, 0.1) is 10.4 Å². The monoisotopic (exact) mass is 405 g/mol. The third-order valence-electron chi connectivity index (χ3n) is 4.36. The summed E-state index contributed by atoms with van der Waals surface area (Å²) in [7, 11) is 0. The molecule has 0 amide bonds. The highest BCUT2D eigenvalue weighted by Crippen LogP contribution is 2.29. The van der Waals surface area contributed by atoms with Crippen LogP contribution in [-0.2, 0) is 0 Å². The summed E-state index contributed by atoms with van der Waals surface area (Å²) in [5.41, 5.74) is 2.25. The van der Waals surface area contributed by atoms with Gasteiger partial charge in [-0.1, -0.05) is 0 Å². The number of thiol groups is 2. The first kappa shape index (κ1) is 17.4. The van der Waals surface area contributed by atoms with Gasteiger partial charge in [-0.3, -0.25) is 9.89 Å². The Morgan fingerprint density at radius 3 is 2.44 bits per heavy atom. The van der Waals surface area contributed by atoms with Crippen LogP contribution in [0.15, 0.2) is 46.8 Å². The molecule has 4 rings (SSSR count). The third-order valence-corrected chi connectivity index (χ3v) is 7.04. The second-order valence-electron chi connectivity index (χ2n) is 5.94. The van der Waals surface area contributed by atoms with Gasteiger partial charge in [-0.2, -0.15) is 0 Å². The molecule has 25 heavy (non-hydrogen) atoms. The average molecular weight is 406 g/mol. The van der Waals surface area contributed by atoms with E-state index in [9.17, 15) is 0 Å². The van der Waals surface area contributed by atoms with Crippen molar-refractivity contribution in [1.29, 1.82) is 0 Å². The van der Waals surface area contributed by atoms with Crippen molar-refractivity contribution in [2.75, 3.05) is 31.1 Å². The number of fused-ring (bicyclic) bond motifs is 1. The molecule has 0 atom stereocenters. The standard InChI is InChI=1S/C18H19N3S4/c22-18(23)21-8-6-20(7-9-21)14-3-1-13(2-4-14)19-12-15-11-17-16(25-15)5-10-24-17/h1-5,10-12,18,22-23H,6-9H2. The van der Waals surface area contributed by atoms with E-state index in [0.717, 1.165) is 31.9 Å². The Hall–Kier alpha value is -0.990. The zero-order valence-electron chi connectivity index (χ0n) is 13.6. The van der Waals surface area contributed by atoms with Crippen molar-refractivity contribution < 1.29 is 0 Å². The fourth-order valence-corrected chi connectivity index (χ4v) is 5.40. The van der Waals surface area contributed by atoms with E-state index in [0.29, 0.717) is 0 Å². The van der Waals surface area contributed by atoms with Gasteiger partial charge in [-0.15, -0.1) is 47.9 Å². The zero-order valence-corrected chi connectivity index (χ0v) is 17.0. The van der Waals surface area contributed by atoms with E-state index in [1.165, 1.54) is 20.0 Å². The van der Waals surface area contributed by atoms with Crippen LogP contribution in [0.4, 0.5) is 11.4 Å². The second-order valence-corrected chi connectivity index (χ2v) is 9.39.